The van der Waals surface area contributed by atoms with Gasteiger partial charge in [0.15, 0.2) is 0 Å². The van der Waals surface area contributed by atoms with E-state index in [0.717, 1.165) is 42.9 Å². The number of nitrogens with one attached hydrogen (secondary N) is 1. The van der Waals surface area contributed by atoms with Crippen molar-refractivity contribution in [3.63, 3.8) is 0 Å². The van der Waals surface area contributed by atoms with Crippen LogP contribution in [0.25, 0.3) is 11.0 Å². The van der Waals surface area contributed by atoms with Crippen LogP contribution in [-0.2, 0) is 16.0 Å². The highest BCUT2D eigenvalue weighted by atomic mass is 16.5. The molecular weight excluding hydrogens is 316 g/mol. The van der Waals surface area contributed by atoms with Crippen molar-refractivity contribution in [1.82, 2.24) is 19.8 Å². The molecule has 0 unspecified atom stereocenters. The Bertz CT molecular complexity index is 800. The molecule has 0 saturated carbocycles. The van der Waals surface area contributed by atoms with Crippen molar-refractivity contribution in [2.75, 3.05) is 33.3 Å². The van der Waals surface area contributed by atoms with Gasteiger partial charge in [-0.15, -0.1) is 0 Å². The predicted molar refractivity (Wildman–Crippen MR) is 96.6 cm³/mol. The van der Waals surface area contributed by atoms with Crippen LogP contribution in [-0.4, -0.2) is 71.1 Å². The summed E-state index contributed by atoms with van der Waals surface area (Å²) in [6.45, 7) is 7.48. The van der Waals surface area contributed by atoms with E-state index in [4.69, 9.17) is 9.72 Å². The fraction of sp³-hybridized carbons (Fsp3) is 0.579. The average Bonchev–Trinajstić information content (AvgIpc) is 3.17. The number of rotatable bonds is 3. The molecule has 0 spiro atoms. The first-order valence-electron chi connectivity index (χ1n) is 9.07. The number of carbonyl (C=O) groups is 1. The summed E-state index contributed by atoms with van der Waals surface area (Å²) >= 11 is 0. The van der Waals surface area contributed by atoms with E-state index in [9.17, 15) is 4.79 Å². The molecule has 2 aliphatic heterocycles. The lowest BCUT2D eigenvalue weighted by molar-refractivity contribution is -0.131. The summed E-state index contributed by atoms with van der Waals surface area (Å²) in [5.41, 5.74) is 4.71. The number of fused-ring (bicyclic) bond motifs is 2. The Kier molecular flexibility index (Phi) is 4.25. The molecule has 2 saturated heterocycles. The first kappa shape index (κ1) is 16.5. The number of likely N-dealkylation sites (N-methyl/N-ethyl adjacent to an activating group) is 1. The number of ether oxygens (including phenoxy) is 1. The van der Waals surface area contributed by atoms with Crippen LogP contribution >= 0.6 is 0 Å². The minimum absolute atomic E-state index is 0.136. The van der Waals surface area contributed by atoms with Crippen molar-refractivity contribution < 1.29 is 9.53 Å². The Labute approximate surface area is 148 Å². The summed E-state index contributed by atoms with van der Waals surface area (Å²) in [4.78, 5) is 24.5. The van der Waals surface area contributed by atoms with Crippen LogP contribution in [0.4, 0.5) is 0 Å². The van der Waals surface area contributed by atoms with Gasteiger partial charge in [0.05, 0.1) is 36.2 Å². The first-order valence-corrected chi connectivity index (χ1v) is 9.07. The van der Waals surface area contributed by atoms with Crippen molar-refractivity contribution in [2.45, 2.75) is 38.8 Å². The zero-order valence-corrected chi connectivity index (χ0v) is 15.2. The number of benzene rings is 1. The van der Waals surface area contributed by atoms with Gasteiger partial charge >= 0.3 is 0 Å². The molecule has 3 heterocycles. The standard InChI is InChI=1S/C19H26N4O2/c1-12-4-5-14-19(13(12)2)21-17(20-14)6-8-23-10-15-16(11-23)25-9-7-18(24)22(15)3/h4-5,15-16H,6-11H2,1-3H3,(H,20,21)/t15-,16-/m0/s1. The number of aromatic amines is 1. The molecule has 25 heavy (non-hydrogen) atoms. The van der Waals surface area contributed by atoms with E-state index in [1.165, 1.54) is 11.1 Å². The molecule has 2 atom stereocenters. The molecule has 1 aromatic carbocycles. The van der Waals surface area contributed by atoms with Gasteiger partial charge in [0.25, 0.3) is 0 Å². The number of aromatic nitrogens is 2. The summed E-state index contributed by atoms with van der Waals surface area (Å²) in [7, 11) is 1.91. The van der Waals surface area contributed by atoms with E-state index in [1.807, 2.05) is 11.9 Å². The molecule has 0 radical (unpaired) electrons. The number of nitrogens with zero attached hydrogens (tertiary/aromatic N) is 3. The van der Waals surface area contributed by atoms with Crippen LogP contribution in [0, 0.1) is 13.8 Å². The molecule has 0 bridgehead atoms. The van der Waals surface area contributed by atoms with E-state index >= 15 is 0 Å². The van der Waals surface area contributed by atoms with Crippen LogP contribution < -0.4 is 0 Å². The van der Waals surface area contributed by atoms with Crippen molar-refractivity contribution in [1.29, 1.82) is 0 Å². The number of aryl methyl sites for hydroxylation is 2. The van der Waals surface area contributed by atoms with Crippen molar-refractivity contribution in [2.24, 2.45) is 0 Å². The molecule has 1 N–H and O–H groups in total. The molecule has 1 aromatic heterocycles. The van der Waals surface area contributed by atoms with Crippen LogP contribution in [0.15, 0.2) is 12.1 Å². The second-order valence-corrected chi connectivity index (χ2v) is 7.33. The van der Waals surface area contributed by atoms with Crippen molar-refractivity contribution in [3.8, 4) is 0 Å². The average molecular weight is 342 g/mol. The quantitative estimate of drug-likeness (QED) is 0.921. The summed E-state index contributed by atoms with van der Waals surface area (Å²) in [6.07, 6.45) is 1.52. The Morgan fingerprint density at radius 1 is 1.32 bits per heavy atom. The van der Waals surface area contributed by atoms with Crippen LogP contribution in [0.1, 0.15) is 23.4 Å². The van der Waals surface area contributed by atoms with Gasteiger partial charge in [-0.1, -0.05) is 6.07 Å². The fourth-order valence-electron chi connectivity index (χ4n) is 3.96. The van der Waals surface area contributed by atoms with E-state index < -0.39 is 0 Å². The van der Waals surface area contributed by atoms with Gasteiger partial charge in [-0.25, -0.2) is 4.98 Å². The van der Waals surface area contributed by atoms with E-state index in [0.29, 0.717) is 13.0 Å². The maximum Gasteiger partial charge on any atom is 0.225 e. The number of imidazole rings is 1. The summed E-state index contributed by atoms with van der Waals surface area (Å²) in [5, 5.41) is 0. The fourth-order valence-corrected chi connectivity index (χ4v) is 3.96. The largest absolute Gasteiger partial charge is 0.374 e. The SMILES string of the molecule is Cc1ccc2[nH]c(CCN3C[C@@H]4OCCC(=O)N(C)[C@H]4C3)nc2c1C. The second kappa shape index (κ2) is 6.42. The molecule has 2 aliphatic rings. The Hall–Kier alpha value is -1.92. The van der Waals surface area contributed by atoms with Gasteiger partial charge in [-0.2, -0.15) is 0 Å². The van der Waals surface area contributed by atoms with Gasteiger partial charge in [-0.3, -0.25) is 9.69 Å². The smallest absolute Gasteiger partial charge is 0.225 e. The highest BCUT2D eigenvalue weighted by molar-refractivity contribution is 5.79. The number of hydrogen-bond acceptors (Lipinski definition) is 4. The molecular formula is C19H26N4O2. The predicted octanol–water partition coefficient (Wildman–Crippen LogP) is 1.65. The molecule has 1 amide bonds. The third-order valence-corrected chi connectivity index (χ3v) is 5.74. The first-order chi connectivity index (χ1) is 12.0. The number of amides is 1. The molecule has 2 fully saturated rings. The van der Waals surface area contributed by atoms with Gasteiger partial charge in [-0.05, 0) is 31.0 Å². The molecule has 6 nitrogen and oxygen atoms in total. The third kappa shape index (κ3) is 3.04. The zero-order valence-electron chi connectivity index (χ0n) is 15.2. The van der Waals surface area contributed by atoms with E-state index in [-0.39, 0.29) is 18.1 Å². The summed E-state index contributed by atoms with van der Waals surface area (Å²) < 4.78 is 5.90. The molecule has 6 heteroatoms. The number of hydrogen-bond donors (Lipinski definition) is 1. The lowest BCUT2D eigenvalue weighted by Crippen LogP contribution is -2.42. The van der Waals surface area contributed by atoms with Crippen LogP contribution in [0.3, 0.4) is 0 Å². The summed E-state index contributed by atoms with van der Waals surface area (Å²) in [5.74, 6) is 1.22. The normalized spacial score (nSPS) is 24.8. The number of likely N-dealkylation sites (tertiary alicyclic amines) is 1. The minimum atomic E-state index is 0.136. The maximum absolute atomic E-state index is 12.0. The Morgan fingerprint density at radius 2 is 2.16 bits per heavy atom. The lowest BCUT2D eigenvalue weighted by atomic mass is 10.1. The van der Waals surface area contributed by atoms with Gasteiger partial charge < -0.3 is 14.6 Å². The Morgan fingerprint density at radius 3 is 3.00 bits per heavy atom. The lowest BCUT2D eigenvalue weighted by Gasteiger charge is -2.25. The number of carbonyl (C=O) groups excluding carboxylic acids is 1. The molecule has 0 aliphatic carbocycles. The van der Waals surface area contributed by atoms with Gasteiger partial charge in [0, 0.05) is 33.1 Å². The second-order valence-electron chi connectivity index (χ2n) is 7.33. The van der Waals surface area contributed by atoms with Crippen LogP contribution in [0.2, 0.25) is 0 Å². The Balaban J connectivity index is 1.42. The minimum Gasteiger partial charge on any atom is -0.374 e. The van der Waals surface area contributed by atoms with Crippen molar-refractivity contribution in [3.05, 3.63) is 29.1 Å². The van der Waals surface area contributed by atoms with Crippen molar-refractivity contribution >= 4 is 16.9 Å². The van der Waals surface area contributed by atoms with Gasteiger partial charge in [0.2, 0.25) is 5.91 Å². The number of H-pyrrole nitrogens is 1. The zero-order chi connectivity index (χ0) is 17.6. The third-order valence-electron chi connectivity index (χ3n) is 5.74. The molecule has 2 aromatic rings. The highest BCUT2D eigenvalue weighted by Crippen LogP contribution is 2.23. The molecule has 4 rings (SSSR count). The van der Waals surface area contributed by atoms with Gasteiger partial charge in [0.1, 0.15) is 5.82 Å². The van der Waals surface area contributed by atoms with E-state index in [2.05, 4.69) is 35.9 Å². The molecule has 134 valence electrons. The topological polar surface area (TPSA) is 61.5 Å². The summed E-state index contributed by atoms with van der Waals surface area (Å²) in [6, 6.07) is 4.42. The highest BCUT2D eigenvalue weighted by Gasteiger charge is 2.39. The monoisotopic (exact) mass is 342 g/mol. The van der Waals surface area contributed by atoms with E-state index in [1.54, 1.807) is 0 Å². The van der Waals surface area contributed by atoms with Crippen LogP contribution in [0.5, 0.6) is 0 Å². The maximum atomic E-state index is 12.0.